The van der Waals surface area contributed by atoms with Gasteiger partial charge >= 0.3 is 0 Å². The van der Waals surface area contributed by atoms with Crippen molar-refractivity contribution < 1.29 is 0 Å². The van der Waals surface area contributed by atoms with Gasteiger partial charge in [0.05, 0.1) is 30.2 Å². The molecule has 10 aromatic carbocycles. The number of anilines is 6. The molecule has 0 amide bonds. The molecule has 3 heterocycles. The molecule has 0 aliphatic rings. The van der Waals surface area contributed by atoms with Gasteiger partial charge in [-0.3, -0.25) is 0 Å². The van der Waals surface area contributed by atoms with Crippen LogP contribution in [0.3, 0.4) is 0 Å². The molecule has 0 aliphatic carbocycles. The lowest BCUT2D eigenvalue weighted by molar-refractivity contribution is 1.26. The number of thiophene rings is 1. The van der Waals surface area contributed by atoms with Gasteiger partial charge in [0.1, 0.15) is 10.0 Å². The van der Waals surface area contributed by atoms with Crippen LogP contribution in [-0.4, -0.2) is 9.97 Å². The Hall–Kier alpha value is -7.32. The second-order valence-corrected chi connectivity index (χ2v) is 25.5. The van der Waals surface area contributed by atoms with Crippen LogP contribution in [-0.2, 0) is 0 Å². The van der Waals surface area contributed by atoms with Crippen molar-refractivity contribution in [1.29, 1.82) is 0 Å². The van der Waals surface area contributed by atoms with Gasteiger partial charge in [-0.15, -0.1) is 34.0 Å². The summed E-state index contributed by atoms with van der Waals surface area (Å²) in [6, 6.07) is 95.4. The van der Waals surface area contributed by atoms with Crippen molar-refractivity contribution >= 4 is 136 Å². The van der Waals surface area contributed by atoms with Crippen LogP contribution < -0.4 is 9.80 Å². The van der Waals surface area contributed by atoms with E-state index in [-0.39, 0.29) is 0 Å². The number of aromatic nitrogens is 2. The fourth-order valence-electron chi connectivity index (χ4n) is 8.93. The Morgan fingerprint density at radius 3 is 0.792 bits per heavy atom. The van der Waals surface area contributed by atoms with E-state index in [4.69, 9.17) is 9.97 Å². The zero-order valence-corrected chi connectivity index (χ0v) is 46.8. The smallest absolute Gasteiger partial charge is 0.134 e. The number of rotatable bonds is 16. The fourth-order valence-corrected chi connectivity index (χ4v) is 15.4. The third-order valence-corrected chi connectivity index (χ3v) is 20.1. The summed E-state index contributed by atoms with van der Waals surface area (Å²) in [5.74, 6) is 0. The van der Waals surface area contributed by atoms with E-state index in [1.54, 1.807) is 81.1 Å². The van der Waals surface area contributed by atoms with E-state index in [0.717, 1.165) is 74.3 Å². The monoisotopic (exact) mass is 1120 g/mol. The second-order valence-electron chi connectivity index (χ2n) is 17.8. The Labute approximate surface area is 477 Å². The Kier molecular flexibility index (Phi) is 14.5. The van der Waals surface area contributed by atoms with Gasteiger partial charge in [-0.25, -0.2) is 9.97 Å². The highest BCUT2D eigenvalue weighted by Crippen LogP contribution is 2.45. The maximum atomic E-state index is 5.20. The maximum absolute atomic E-state index is 5.20. The predicted octanol–water partition coefficient (Wildman–Crippen LogP) is 21.8. The third-order valence-electron chi connectivity index (χ3n) is 12.6. The second kappa shape index (κ2) is 22.7. The zero-order chi connectivity index (χ0) is 51.3. The molecule has 0 bridgehead atoms. The fraction of sp³-hybridized carbons (Fsp3) is 0. The standard InChI is InChI=1S/C66H44N4S7/c1-5-13-51(14-6-1)71-55-31-21-45(22-32-55)69(46-23-33-56(34-24-46)72-52-15-7-2-8-16-52)49-29-39-59-63(43-49)76-65(67-59)61-41-42-62(75-61)66-68-60-40-30-50(44-64(60)77-66)70(47-25-35-57(36-26-47)73-53-17-9-3-10-18-53)48-27-37-58(38-28-48)74-54-19-11-4-12-20-54/h1-44H. The summed E-state index contributed by atoms with van der Waals surface area (Å²) in [5.41, 5.74) is 8.50. The summed E-state index contributed by atoms with van der Waals surface area (Å²) in [6.45, 7) is 0. The normalized spacial score (nSPS) is 11.3. The summed E-state index contributed by atoms with van der Waals surface area (Å²) in [6.07, 6.45) is 0. The number of fused-ring (bicyclic) bond motifs is 2. The first-order chi connectivity index (χ1) is 38.1. The minimum atomic E-state index is 0.985. The minimum Gasteiger partial charge on any atom is -0.310 e. The molecule has 0 aliphatic heterocycles. The summed E-state index contributed by atoms with van der Waals surface area (Å²) in [7, 11) is 0. The molecule has 13 aromatic rings. The Morgan fingerprint density at radius 2 is 0.506 bits per heavy atom. The number of benzene rings is 10. The summed E-state index contributed by atoms with van der Waals surface area (Å²) in [4.78, 5) is 27.0. The maximum Gasteiger partial charge on any atom is 0.134 e. The molecule has 0 radical (unpaired) electrons. The van der Waals surface area contributed by atoms with Gasteiger partial charge in [-0.2, -0.15) is 0 Å². The molecular formula is C66H44N4S7. The van der Waals surface area contributed by atoms with Crippen LogP contribution in [0, 0.1) is 0 Å². The van der Waals surface area contributed by atoms with Crippen LogP contribution in [0.15, 0.2) is 306 Å². The number of hydrogen-bond donors (Lipinski definition) is 0. The van der Waals surface area contributed by atoms with E-state index in [9.17, 15) is 0 Å². The van der Waals surface area contributed by atoms with Gasteiger partial charge in [0, 0.05) is 73.3 Å². The summed E-state index contributed by atoms with van der Waals surface area (Å²) in [5, 5.41) is 2.01. The van der Waals surface area contributed by atoms with Gasteiger partial charge in [0.25, 0.3) is 0 Å². The van der Waals surface area contributed by atoms with Crippen LogP contribution in [0.1, 0.15) is 0 Å². The number of nitrogens with zero attached hydrogens (tertiary/aromatic N) is 4. The summed E-state index contributed by atoms with van der Waals surface area (Å²) < 4.78 is 2.27. The molecular weight excluding hydrogens is 1070 g/mol. The highest BCUT2D eigenvalue weighted by atomic mass is 32.2. The van der Waals surface area contributed by atoms with Crippen LogP contribution >= 0.6 is 81.1 Å². The van der Waals surface area contributed by atoms with E-state index < -0.39 is 0 Å². The average molecular weight is 1120 g/mol. The van der Waals surface area contributed by atoms with Crippen LogP contribution in [0.4, 0.5) is 34.1 Å². The SMILES string of the molecule is c1ccc(Sc2ccc(N(c3ccc(Sc4ccccc4)cc3)c3ccc4nc(-c5ccc(-c6nc7ccc(N(c8ccc(Sc9ccccc9)cc8)c8ccc(Sc9ccccc9)cc8)cc7s6)s5)sc4c3)cc2)cc1. The molecule has 13 rings (SSSR count). The molecule has 0 unspecified atom stereocenters. The van der Waals surface area contributed by atoms with Crippen LogP contribution in [0.25, 0.3) is 40.2 Å². The molecule has 3 aromatic heterocycles. The van der Waals surface area contributed by atoms with Crippen molar-refractivity contribution in [2.75, 3.05) is 9.80 Å². The Balaban J connectivity index is 0.780. The Morgan fingerprint density at radius 1 is 0.247 bits per heavy atom. The molecule has 0 fully saturated rings. The quantitative estimate of drug-likeness (QED) is 0.0946. The number of thiazole rings is 2. The van der Waals surface area contributed by atoms with E-state index >= 15 is 0 Å². The van der Waals surface area contributed by atoms with E-state index in [2.05, 4.69) is 277 Å². The molecule has 0 saturated heterocycles. The zero-order valence-electron chi connectivity index (χ0n) is 41.1. The van der Waals surface area contributed by atoms with Crippen LogP contribution in [0.2, 0.25) is 0 Å². The lowest BCUT2D eigenvalue weighted by Crippen LogP contribution is -2.09. The average Bonchev–Trinajstić information content (AvgIpc) is 4.29. The lowest BCUT2D eigenvalue weighted by Gasteiger charge is -2.26. The first-order valence-corrected chi connectivity index (χ1v) is 30.6. The predicted molar refractivity (Wildman–Crippen MR) is 333 cm³/mol. The third kappa shape index (κ3) is 11.4. The first-order valence-electron chi connectivity index (χ1n) is 24.9. The molecule has 0 spiro atoms. The first kappa shape index (κ1) is 49.3. The van der Waals surface area contributed by atoms with Gasteiger partial charge in [0.2, 0.25) is 0 Å². The molecule has 4 nitrogen and oxygen atoms in total. The van der Waals surface area contributed by atoms with Crippen molar-refractivity contribution in [3.63, 3.8) is 0 Å². The summed E-state index contributed by atoms with van der Waals surface area (Å²) >= 11 is 12.3. The van der Waals surface area contributed by atoms with Gasteiger partial charge in [-0.05, 0) is 194 Å². The molecule has 0 atom stereocenters. The van der Waals surface area contributed by atoms with E-state index in [1.807, 2.05) is 0 Å². The van der Waals surface area contributed by atoms with Gasteiger partial charge < -0.3 is 9.80 Å². The lowest BCUT2D eigenvalue weighted by atomic mass is 10.2. The highest BCUT2D eigenvalue weighted by molar-refractivity contribution is 8.00. The van der Waals surface area contributed by atoms with Crippen molar-refractivity contribution in [1.82, 2.24) is 9.97 Å². The van der Waals surface area contributed by atoms with E-state index in [1.165, 1.54) is 39.2 Å². The Bertz CT molecular complexity index is 3640. The van der Waals surface area contributed by atoms with Crippen molar-refractivity contribution in [3.8, 4) is 19.8 Å². The molecule has 370 valence electrons. The molecule has 11 heteroatoms. The van der Waals surface area contributed by atoms with E-state index in [0.29, 0.717) is 0 Å². The largest absolute Gasteiger partial charge is 0.310 e. The topological polar surface area (TPSA) is 32.3 Å². The molecule has 0 saturated carbocycles. The van der Waals surface area contributed by atoms with Gasteiger partial charge in [-0.1, -0.05) is 120 Å². The molecule has 0 N–H and O–H groups in total. The van der Waals surface area contributed by atoms with Gasteiger partial charge in [0.15, 0.2) is 0 Å². The minimum absolute atomic E-state index is 0.985. The van der Waals surface area contributed by atoms with Crippen molar-refractivity contribution in [3.05, 3.63) is 267 Å². The highest BCUT2D eigenvalue weighted by Gasteiger charge is 2.20. The van der Waals surface area contributed by atoms with Crippen LogP contribution in [0.5, 0.6) is 0 Å². The molecule has 77 heavy (non-hydrogen) atoms. The van der Waals surface area contributed by atoms with Crippen molar-refractivity contribution in [2.45, 2.75) is 39.2 Å². The number of hydrogen-bond acceptors (Lipinski definition) is 11. The van der Waals surface area contributed by atoms with Crippen molar-refractivity contribution in [2.24, 2.45) is 0 Å².